The maximum absolute atomic E-state index is 12.9. The van der Waals surface area contributed by atoms with Crippen LogP contribution in [0.15, 0.2) is 16.7 Å². The largest absolute Gasteiger partial charge is 0.481 e. The normalized spacial score (nSPS) is 16.8. The highest BCUT2D eigenvalue weighted by Crippen LogP contribution is 2.45. The van der Waals surface area contributed by atoms with Gasteiger partial charge in [0.25, 0.3) is 5.89 Å². The van der Waals surface area contributed by atoms with Crippen molar-refractivity contribution in [2.24, 2.45) is 0 Å². The predicted octanol–water partition coefficient (Wildman–Crippen LogP) is 4.64. The molecule has 1 fully saturated rings. The van der Waals surface area contributed by atoms with E-state index in [4.69, 9.17) is 9.15 Å². The third-order valence-electron chi connectivity index (χ3n) is 3.96. The highest BCUT2D eigenvalue weighted by atomic mass is 19.4. The third kappa shape index (κ3) is 3.93. The van der Waals surface area contributed by atoms with E-state index < -0.39 is 12.3 Å². The molecule has 3 rings (SSSR count). The Balaban J connectivity index is 1.94. The molecule has 1 aliphatic rings. The minimum atomic E-state index is -4.44. The molecule has 0 N–H and O–H groups in total. The monoisotopic (exact) mass is 355 g/mol. The Morgan fingerprint density at radius 1 is 1.20 bits per heavy atom. The molecule has 1 atom stereocenters. The molecule has 8 heteroatoms. The first-order valence-corrected chi connectivity index (χ1v) is 8.13. The van der Waals surface area contributed by atoms with Crippen molar-refractivity contribution in [2.75, 3.05) is 0 Å². The Kier molecular flexibility index (Phi) is 4.25. The maximum atomic E-state index is 12.9. The molecule has 1 saturated carbocycles. The van der Waals surface area contributed by atoms with Crippen LogP contribution in [0.3, 0.4) is 0 Å². The molecule has 0 bridgehead atoms. The van der Waals surface area contributed by atoms with Crippen molar-refractivity contribution in [1.29, 1.82) is 0 Å². The lowest BCUT2D eigenvalue weighted by Crippen LogP contribution is -2.31. The van der Waals surface area contributed by atoms with E-state index in [1.54, 1.807) is 6.20 Å². The van der Waals surface area contributed by atoms with Crippen LogP contribution >= 0.6 is 0 Å². The lowest BCUT2D eigenvalue weighted by Gasteiger charge is -2.19. The van der Waals surface area contributed by atoms with Gasteiger partial charge in [0, 0.05) is 23.2 Å². The summed E-state index contributed by atoms with van der Waals surface area (Å²) in [5.74, 6) is 0.969. The number of rotatable bonds is 4. The van der Waals surface area contributed by atoms with Crippen molar-refractivity contribution in [2.45, 2.75) is 64.1 Å². The van der Waals surface area contributed by atoms with E-state index in [1.165, 1.54) is 6.07 Å². The van der Waals surface area contributed by atoms with Crippen LogP contribution < -0.4 is 4.74 Å². The zero-order valence-corrected chi connectivity index (χ0v) is 14.5. The van der Waals surface area contributed by atoms with Gasteiger partial charge in [-0.1, -0.05) is 20.8 Å². The first-order valence-electron chi connectivity index (χ1n) is 8.13. The van der Waals surface area contributed by atoms with Gasteiger partial charge in [0.05, 0.1) is 0 Å². The number of ether oxygens (including phenoxy) is 1. The number of nitrogens with zero attached hydrogens (tertiary/aromatic N) is 3. The highest BCUT2D eigenvalue weighted by molar-refractivity contribution is 5.53. The summed E-state index contributed by atoms with van der Waals surface area (Å²) >= 11 is 0. The fourth-order valence-electron chi connectivity index (χ4n) is 2.25. The zero-order valence-electron chi connectivity index (χ0n) is 14.5. The van der Waals surface area contributed by atoms with E-state index in [9.17, 15) is 13.2 Å². The molecule has 1 aliphatic carbocycles. The molecular weight excluding hydrogens is 335 g/mol. The van der Waals surface area contributed by atoms with Crippen molar-refractivity contribution >= 4 is 0 Å². The second kappa shape index (κ2) is 6.00. The van der Waals surface area contributed by atoms with Gasteiger partial charge < -0.3 is 9.15 Å². The molecule has 136 valence electrons. The molecule has 0 saturated heterocycles. The first kappa shape index (κ1) is 17.7. The van der Waals surface area contributed by atoms with Crippen LogP contribution in [0.4, 0.5) is 13.2 Å². The van der Waals surface area contributed by atoms with Gasteiger partial charge in [-0.05, 0) is 25.7 Å². The van der Waals surface area contributed by atoms with E-state index in [1.807, 2.05) is 20.8 Å². The molecule has 0 aliphatic heterocycles. The summed E-state index contributed by atoms with van der Waals surface area (Å²) in [7, 11) is 0. The number of halogens is 3. The lowest BCUT2D eigenvalue weighted by atomic mass is 9.97. The second-order valence-electron chi connectivity index (χ2n) is 7.35. The maximum Gasteiger partial charge on any atom is 0.425 e. The molecule has 0 radical (unpaired) electrons. The van der Waals surface area contributed by atoms with E-state index in [2.05, 4.69) is 15.2 Å². The SMILES string of the molecule is C[C@H](Oc1cc(-c2nnc(C(C)(C)C)o2)ncc1C1CC1)C(F)(F)F. The molecule has 5 nitrogen and oxygen atoms in total. The number of alkyl halides is 3. The molecule has 0 unspecified atom stereocenters. The summed E-state index contributed by atoms with van der Waals surface area (Å²) in [5, 5.41) is 7.94. The van der Waals surface area contributed by atoms with Gasteiger partial charge in [0.2, 0.25) is 5.89 Å². The molecule has 25 heavy (non-hydrogen) atoms. The van der Waals surface area contributed by atoms with Gasteiger partial charge in [0.15, 0.2) is 6.10 Å². The smallest absolute Gasteiger partial charge is 0.425 e. The second-order valence-corrected chi connectivity index (χ2v) is 7.35. The molecule has 0 spiro atoms. The van der Waals surface area contributed by atoms with Crippen molar-refractivity contribution in [3.05, 3.63) is 23.7 Å². The van der Waals surface area contributed by atoms with Crippen LogP contribution in [-0.4, -0.2) is 27.5 Å². The van der Waals surface area contributed by atoms with Gasteiger partial charge in [0.1, 0.15) is 11.4 Å². The Hall–Kier alpha value is -2.12. The van der Waals surface area contributed by atoms with E-state index in [0.29, 0.717) is 17.1 Å². The van der Waals surface area contributed by atoms with Crippen molar-refractivity contribution in [3.63, 3.8) is 0 Å². The zero-order chi connectivity index (χ0) is 18.4. The number of pyridine rings is 1. The minimum Gasteiger partial charge on any atom is -0.481 e. The number of hydrogen-bond donors (Lipinski definition) is 0. The van der Waals surface area contributed by atoms with Gasteiger partial charge in [-0.3, -0.25) is 4.98 Å². The van der Waals surface area contributed by atoms with E-state index in [-0.39, 0.29) is 23.0 Å². The topological polar surface area (TPSA) is 61.0 Å². The van der Waals surface area contributed by atoms with Crippen LogP contribution in [0, 0.1) is 0 Å². The van der Waals surface area contributed by atoms with Gasteiger partial charge >= 0.3 is 6.18 Å². The van der Waals surface area contributed by atoms with E-state index in [0.717, 1.165) is 19.8 Å². The fourth-order valence-corrected chi connectivity index (χ4v) is 2.25. The van der Waals surface area contributed by atoms with Crippen LogP contribution in [-0.2, 0) is 5.41 Å². The quantitative estimate of drug-likeness (QED) is 0.800. The highest BCUT2D eigenvalue weighted by Gasteiger charge is 2.39. The molecule has 2 aromatic heterocycles. The Labute approximate surface area is 143 Å². The van der Waals surface area contributed by atoms with Crippen LogP contribution in [0.1, 0.15) is 57.9 Å². The van der Waals surface area contributed by atoms with Crippen molar-refractivity contribution in [3.8, 4) is 17.3 Å². The first-order chi connectivity index (χ1) is 11.6. The van der Waals surface area contributed by atoms with Gasteiger partial charge in [-0.15, -0.1) is 10.2 Å². The van der Waals surface area contributed by atoms with Crippen LogP contribution in [0.25, 0.3) is 11.6 Å². The average Bonchev–Trinajstić information content (AvgIpc) is 3.20. The molecule has 2 aromatic rings. The standard InChI is InChI=1S/C17H20F3N3O2/c1-9(17(18,19)20)24-13-7-12(21-8-11(13)10-5-6-10)14-22-23-15(25-14)16(2,3)4/h7-10H,5-6H2,1-4H3/t9-/m0/s1. The van der Waals surface area contributed by atoms with Crippen molar-refractivity contribution in [1.82, 2.24) is 15.2 Å². The van der Waals surface area contributed by atoms with Gasteiger partial charge in [-0.2, -0.15) is 13.2 Å². The Morgan fingerprint density at radius 3 is 2.40 bits per heavy atom. The molecule has 2 heterocycles. The summed E-state index contributed by atoms with van der Waals surface area (Å²) in [5.41, 5.74) is 0.663. The summed E-state index contributed by atoms with van der Waals surface area (Å²) in [4.78, 5) is 4.28. The van der Waals surface area contributed by atoms with E-state index >= 15 is 0 Å². The summed E-state index contributed by atoms with van der Waals surface area (Å²) in [6.07, 6.45) is -2.95. The molecule has 0 amide bonds. The number of hydrogen-bond acceptors (Lipinski definition) is 5. The average molecular weight is 355 g/mol. The lowest BCUT2D eigenvalue weighted by molar-refractivity contribution is -0.189. The van der Waals surface area contributed by atoms with Gasteiger partial charge in [-0.25, -0.2) is 0 Å². The Morgan fingerprint density at radius 2 is 1.88 bits per heavy atom. The Bertz CT molecular complexity index is 761. The number of aromatic nitrogens is 3. The predicted molar refractivity (Wildman–Crippen MR) is 84.3 cm³/mol. The molecule has 0 aromatic carbocycles. The minimum absolute atomic E-state index is 0.164. The fraction of sp³-hybridized carbons (Fsp3) is 0.588. The van der Waals surface area contributed by atoms with Crippen molar-refractivity contribution < 1.29 is 22.3 Å². The van der Waals surface area contributed by atoms with Crippen LogP contribution in [0.5, 0.6) is 5.75 Å². The summed E-state index contributed by atoms with van der Waals surface area (Å²) in [6.45, 7) is 6.76. The van der Waals surface area contributed by atoms with Crippen LogP contribution in [0.2, 0.25) is 0 Å². The summed E-state index contributed by atoms with van der Waals surface area (Å²) < 4.78 is 49.4. The molecular formula is C17H20F3N3O2. The summed E-state index contributed by atoms with van der Waals surface area (Å²) in [6, 6.07) is 1.45. The third-order valence-corrected chi connectivity index (χ3v) is 3.96.